The first kappa shape index (κ1) is 19.7. The Morgan fingerprint density at radius 1 is 0.760 bits per heavy atom. The van der Waals surface area contributed by atoms with Crippen LogP contribution >= 0.6 is 0 Å². The molecule has 0 saturated carbocycles. The Morgan fingerprint density at radius 3 is 2.04 bits per heavy atom. The Bertz CT molecular complexity index is 549. The van der Waals surface area contributed by atoms with Crippen LogP contribution in [-0.4, -0.2) is 6.10 Å². The van der Waals surface area contributed by atoms with E-state index in [0.29, 0.717) is 12.5 Å². The van der Waals surface area contributed by atoms with E-state index < -0.39 is 0 Å². The van der Waals surface area contributed by atoms with E-state index >= 15 is 0 Å². The molecule has 136 valence electrons. The van der Waals surface area contributed by atoms with E-state index in [9.17, 15) is 0 Å². The van der Waals surface area contributed by atoms with Gasteiger partial charge in [0.1, 0.15) is 0 Å². The van der Waals surface area contributed by atoms with Crippen molar-refractivity contribution in [2.24, 2.45) is 0 Å². The molecule has 0 aromatic heterocycles. The van der Waals surface area contributed by atoms with Crippen LogP contribution in [0.4, 0.5) is 0 Å². The summed E-state index contributed by atoms with van der Waals surface area (Å²) in [6, 6.07) is 21.3. The van der Waals surface area contributed by atoms with Gasteiger partial charge in [-0.05, 0) is 17.5 Å². The van der Waals surface area contributed by atoms with Crippen LogP contribution in [0.1, 0.15) is 75.8 Å². The summed E-state index contributed by atoms with van der Waals surface area (Å²) in [4.78, 5) is 0. The highest BCUT2D eigenvalue weighted by Crippen LogP contribution is 2.26. The van der Waals surface area contributed by atoms with Crippen molar-refractivity contribution in [3.63, 3.8) is 0 Å². The van der Waals surface area contributed by atoms with Crippen LogP contribution in [0.25, 0.3) is 0 Å². The molecule has 0 fully saturated rings. The topological polar surface area (TPSA) is 9.23 Å². The summed E-state index contributed by atoms with van der Waals surface area (Å²) < 4.78 is 6.37. The van der Waals surface area contributed by atoms with E-state index in [1.165, 1.54) is 49.7 Å². The predicted octanol–water partition coefficient (Wildman–Crippen LogP) is 7.13. The maximum absolute atomic E-state index is 6.37. The molecule has 0 amide bonds. The molecule has 2 aromatic carbocycles. The Kier molecular flexibility index (Phi) is 9.36. The summed E-state index contributed by atoms with van der Waals surface area (Å²) in [5, 5.41) is 0. The number of unbranched alkanes of at least 4 members (excludes halogenated alkanes) is 5. The molecule has 0 N–H and O–H groups in total. The lowest BCUT2D eigenvalue weighted by Gasteiger charge is -2.25. The summed E-state index contributed by atoms with van der Waals surface area (Å²) in [6.45, 7) is 5.29. The number of benzene rings is 2. The Hall–Kier alpha value is -1.60. The average Bonchev–Trinajstić information content (AvgIpc) is 2.68. The molecule has 0 aliphatic carbocycles. The quantitative estimate of drug-likeness (QED) is 0.374. The van der Waals surface area contributed by atoms with Gasteiger partial charge in [0.25, 0.3) is 0 Å². The molecule has 1 nitrogen and oxygen atoms in total. The van der Waals surface area contributed by atoms with Gasteiger partial charge < -0.3 is 4.74 Å². The van der Waals surface area contributed by atoms with Crippen molar-refractivity contribution in [3.05, 3.63) is 71.8 Å². The Labute approximate surface area is 154 Å². The number of hydrogen-bond donors (Lipinski definition) is 0. The molecule has 2 atom stereocenters. The summed E-state index contributed by atoms with van der Waals surface area (Å²) in [7, 11) is 0. The van der Waals surface area contributed by atoms with Crippen molar-refractivity contribution in [1.29, 1.82) is 0 Å². The zero-order chi connectivity index (χ0) is 17.7. The summed E-state index contributed by atoms with van der Waals surface area (Å²) in [6.07, 6.45) is 9.44. The van der Waals surface area contributed by atoms with E-state index in [0.717, 1.165) is 6.42 Å². The zero-order valence-electron chi connectivity index (χ0n) is 16.0. The molecule has 0 radical (unpaired) electrons. The minimum atomic E-state index is 0.286. The summed E-state index contributed by atoms with van der Waals surface area (Å²) in [5.74, 6) is 0.431. The van der Waals surface area contributed by atoms with E-state index in [2.05, 4.69) is 74.5 Å². The van der Waals surface area contributed by atoms with Gasteiger partial charge in [-0.1, -0.05) is 113 Å². The zero-order valence-corrected chi connectivity index (χ0v) is 16.0. The van der Waals surface area contributed by atoms with Crippen LogP contribution in [-0.2, 0) is 11.3 Å². The van der Waals surface area contributed by atoms with Crippen LogP contribution < -0.4 is 0 Å². The molecule has 0 heterocycles. The van der Waals surface area contributed by atoms with Crippen LogP contribution in [0.5, 0.6) is 0 Å². The van der Waals surface area contributed by atoms with Crippen LogP contribution in [0.15, 0.2) is 60.7 Å². The number of ether oxygens (including phenoxy) is 1. The minimum Gasteiger partial charge on any atom is -0.373 e. The van der Waals surface area contributed by atoms with Crippen molar-refractivity contribution in [2.75, 3.05) is 0 Å². The second kappa shape index (κ2) is 11.9. The summed E-state index contributed by atoms with van der Waals surface area (Å²) in [5.41, 5.74) is 2.64. The lowest BCUT2D eigenvalue weighted by Crippen LogP contribution is -2.20. The fraction of sp³-hybridized carbons (Fsp3) is 0.500. The maximum Gasteiger partial charge on any atom is 0.0720 e. The lowest BCUT2D eigenvalue weighted by molar-refractivity contribution is 0.0184. The normalized spacial score (nSPS) is 13.5. The molecule has 1 heteroatoms. The van der Waals surface area contributed by atoms with Gasteiger partial charge in [-0.2, -0.15) is 0 Å². The first-order valence-electron chi connectivity index (χ1n) is 10.0. The SMILES string of the molecule is CCCCCCCCC(OCc1ccccc1)C(C)c1ccccc1. The van der Waals surface area contributed by atoms with E-state index in [4.69, 9.17) is 4.74 Å². The van der Waals surface area contributed by atoms with E-state index in [1.807, 2.05) is 0 Å². The fourth-order valence-corrected chi connectivity index (χ4v) is 3.35. The Balaban J connectivity index is 1.88. The molecule has 2 aromatic rings. The fourth-order valence-electron chi connectivity index (χ4n) is 3.35. The second-order valence-corrected chi connectivity index (χ2v) is 7.09. The van der Waals surface area contributed by atoms with Gasteiger partial charge in [0.2, 0.25) is 0 Å². The monoisotopic (exact) mass is 338 g/mol. The van der Waals surface area contributed by atoms with Crippen molar-refractivity contribution in [2.45, 2.75) is 77.4 Å². The molecule has 2 unspecified atom stereocenters. The van der Waals surface area contributed by atoms with Crippen molar-refractivity contribution < 1.29 is 4.74 Å². The van der Waals surface area contributed by atoms with Gasteiger partial charge >= 0.3 is 0 Å². The predicted molar refractivity (Wildman–Crippen MR) is 108 cm³/mol. The van der Waals surface area contributed by atoms with Crippen molar-refractivity contribution in [1.82, 2.24) is 0 Å². The third-order valence-corrected chi connectivity index (χ3v) is 5.03. The highest BCUT2D eigenvalue weighted by atomic mass is 16.5. The summed E-state index contributed by atoms with van der Waals surface area (Å²) >= 11 is 0. The first-order valence-corrected chi connectivity index (χ1v) is 10.0. The second-order valence-electron chi connectivity index (χ2n) is 7.09. The molecule has 0 aliphatic rings. The van der Waals surface area contributed by atoms with Crippen molar-refractivity contribution >= 4 is 0 Å². The van der Waals surface area contributed by atoms with Gasteiger partial charge in [-0.25, -0.2) is 0 Å². The van der Waals surface area contributed by atoms with E-state index in [-0.39, 0.29) is 6.10 Å². The molecule has 0 spiro atoms. The van der Waals surface area contributed by atoms with Gasteiger partial charge in [-0.3, -0.25) is 0 Å². The highest BCUT2D eigenvalue weighted by molar-refractivity contribution is 5.20. The Morgan fingerprint density at radius 2 is 1.36 bits per heavy atom. The molecule has 25 heavy (non-hydrogen) atoms. The first-order chi connectivity index (χ1) is 12.3. The molecular formula is C24H34O. The average molecular weight is 339 g/mol. The number of hydrogen-bond acceptors (Lipinski definition) is 1. The largest absolute Gasteiger partial charge is 0.373 e. The molecular weight excluding hydrogens is 304 g/mol. The third kappa shape index (κ3) is 7.44. The smallest absolute Gasteiger partial charge is 0.0720 e. The van der Waals surface area contributed by atoms with Crippen LogP contribution in [0.3, 0.4) is 0 Å². The number of rotatable bonds is 12. The van der Waals surface area contributed by atoms with Gasteiger partial charge in [0, 0.05) is 5.92 Å². The van der Waals surface area contributed by atoms with Gasteiger partial charge in [0.15, 0.2) is 0 Å². The van der Waals surface area contributed by atoms with E-state index in [1.54, 1.807) is 0 Å². The highest BCUT2D eigenvalue weighted by Gasteiger charge is 2.19. The van der Waals surface area contributed by atoms with Crippen LogP contribution in [0, 0.1) is 0 Å². The van der Waals surface area contributed by atoms with Gasteiger partial charge in [-0.15, -0.1) is 0 Å². The molecule has 2 rings (SSSR count). The molecule has 0 bridgehead atoms. The third-order valence-electron chi connectivity index (χ3n) is 5.03. The van der Waals surface area contributed by atoms with Crippen LogP contribution in [0.2, 0.25) is 0 Å². The van der Waals surface area contributed by atoms with Gasteiger partial charge in [0.05, 0.1) is 12.7 Å². The molecule has 0 saturated heterocycles. The standard InChI is InChI=1S/C24H34O/c1-3-4-5-6-7-14-19-24(21(2)23-17-12-9-13-18-23)25-20-22-15-10-8-11-16-22/h8-13,15-18,21,24H,3-7,14,19-20H2,1-2H3. The lowest BCUT2D eigenvalue weighted by atomic mass is 9.91. The minimum absolute atomic E-state index is 0.286. The molecule has 0 aliphatic heterocycles. The van der Waals surface area contributed by atoms with Crippen molar-refractivity contribution in [3.8, 4) is 0 Å². The maximum atomic E-state index is 6.37.